The summed E-state index contributed by atoms with van der Waals surface area (Å²) in [4.78, 5) is 29.8. The van der Waals surface area contributed by atoms with E-state index >= 15 is 0 Å². The highest BCUT2D eigenvalue weighted by molar-refractivity contribution is 6.36. The van der Waals surface area contributed by atoms with Crippen LogP contribution < -0.4 is 4.74 Å². The van der Waals surface area contributed by atoms with E-state index in [1.54, 1.807) is 7.11 Å². The van der Waals surface area contributed by atoms with E-state index in [-0.39, 0.29) is 11.8 Å². The van der Waals surface area contributed by atoms with Crippen molar-refractivity contribution in [3.63, 3.8) is 0 Å². The summed E-state index contributed by atoms with van der Waals surface area (Å²) in [5.74, 6) is 0.189. The van der Waals surface area contributed by atoms with E-state index in [0.29, 0.717) is 55.4 Å². The van der Waals surface area contributed by atoms with Gasteiger partial charge in [0, 0.05) is 25.2 Å². The molecule has 27 heavy (non-hydrogen) atoms. The number of hydrogen-bond donors (Lipinski definition) is 0. The summed E-state index contributed by atoms with van der Waals surface area (Å²) in [6.07, 6.45) is 4.08. The van der Waals surface area contributed by atoms with Crippen molar-refractivity contribution < 1.29 is 19.1 Å². The van der Waals surface area contributed by atoms with Crippen molar-refractivity contribution in [1.29, 1.82) is 0 Å². The first-order chi connectivity index (χ1) is 13.2. The van der Waals surface area contributed by atoms with Gasteiger partial charge < -0.3 is 14.4 Å². The Labute approximate surface area is 160 Å². The van der Waals surface area contributed by atoms with Crippen LogP contribution in [0.1, 0.15) is 38.2 Å². The van der Waals surface area contributed by atoms with E-state index in [1.165, 1.54) is 4.90 Å². The highest BCUT2D eigenvalue weighted by Gasteiger charge is 2.42. The van der Waals surface area contributed by atoms with Gasteiger partial charge in [0.05, 0.1) is 25.9 Å². The van der Waals surface area contributed by atoms with Crippen LogP contribution in [0, 0.1) is 0 Å². The smallest absolute Gasteiger partial charge is 0.277 e. The maximum Gasteiger partial charge on any atom is 0.277 e. The average Bonchev–Trinajstić information content (AvgIpc) is 2.96. The lowest BCUT2D eigenvalue weighted by Crippen LogP contribution is -2.40. The van der Waals surface area contributed by atoms with Gasteiger partial charge in [0.15, 0.2) is 0 Å². The third-order valence-corrected chi connectivity index (χ3v) is 5.08. The zero-order chi connectivity index (χ0) is 19.2. The first-order valence-electron chi connectivity index (χ1n) is 9.75. The molecule has 146 valence electrons. The van der Waals surface area contributed by atoms with Crippen molar-refractivity contribution >= 4 is 17.4 Å². The number of nitrogens with zero attached hydrogens (tertiary/aromatic N) is 2. The number of unbranched alkanes of at least 4 members (excludes halogenated alkanes) is 3. The largest absolute Gasteiger partial charge is 0.496 e. The normalized spacial score (nSPS) is 17.9. The molecule has 0 aliphatic carbocycles. The number of para-hydroxylation sites is 1. The molecular formula is C21H28N2O4. The van der Waals surface area contributed by atoms with E-state index < -0.39 is 0 Å². The van der Waals surface area contributed by atoms with Crippen molar-refractivity contribution in [3.8, 4) is 5.75 Å². The molecule has 0 atom stereocenters. The van der Waals surface area contributed by atoms with Gasteiger partial charge >= 0.3 is 0 Å². The van der Waals surface area contributed by atoms with Crippen LogP contribution >= 0.6 is 0 Å². The van der Waals surface area contributed by atoms with Crippen molar-refractivity contribution in [1.82, 2.24) is 9.80 Å². The number of ether oxygens (including phenoxy) is 2. The van der Waals surface area contributed by atoms with Crippen molar-refractivity contribution in [3.05, 3.63) is 35.5 Å². The van der Waals surface area contributed by atoms with E-state index in [0.717, 1.165) is 25.7 Å². The van der Waals surface area contributed by atoms with Gasteiger partial charge in [-0.15, -0.1) is 0 Å². The minimum absolute atomic E-state index is 0.195. The lowest BCUT2D eigenvalue weighted by molar-refractivity contribution is -0.137. The third kappa shape index (κ3) is 4.00. The second-order valence-corrected chi connectivity index (χ2v) is 6.85. The fourth-order valence-corrected chi connectivity index (χ4v) is 3.64. The Bertz CT molecular complexity index is 723. The molecule has 2 aliphatic rings. The van der Waals surface area contributed by atoms with Gasteiger partial charge in [-0.25, -0.2) is 0 Å². The Kier molecular flexibility index (Phi) is 6.50. The minimum atomic E-state index is -0.220. The Hall–Kier alpha value is -2.34. The summed E-state index contributed by atoms with van der Waals surface area (Å²) < 4.78 is 10.9. The summed E-state index contributed by atoms with van der Waals surface area (Å²) in [5.41, 5.74) is 1.62. The number of amides is 2. The fourth-order valence-electron chi connectivity index (χ4n) is 3.64. The number of hydrogen-bond acceptors (Lipinski definition) is 5. The van der Waals surface area contributed by atoms with Crippen LogP contribution in [-0.2, 0) is 14.3 Å². The summed E-state index contributed by atoms with van der Waals surface area (Å²) in [7, 11) is 1.58. The maximum atomic E-state index is 13.2. The molecule has 1 fully saturated rings. The Morgan fingerprint density at radius 1 is 1.04 bits per heavy atom. The molecule has 6 nitrogen and oxygen atoms in total. The lowest BCUT2D eigenvalue weighted by Gasteiger charge is -2.29. The quantitative estimate of drug-likeness (QED) is 0.519. The van der Waals surface area contributed by atoms with Gasteiger partial charge in [0.25, 0.3) is 11.8 Å². The molecule has 0 saturated carbocycles. The Balaban J connectivity index is 1.96. The minimum Gasteiger partial charge on any atom is -0.496 e. The molecule has 0 unspecified atom stereocenters. The lowest BCUT2D eigenvalue weighted by atomic mass is 10.0. The molecule has 2 heterocycles. The zero-order valence-corrected chi connectivity index (χ0v) is 16.2. The van der Waals surface area contributed by atoms with Crippen LogP contribution in [0.2, 0.25) is 0 Å². The van der Waals surface area contributed by atoms with Gasteiger partial charge in [-0.3, -0.25) is 14.5 Å². The Morgan fingerprint density at radius 3 is 2.48 bits per heavy atom. The van der Waals surface area contributed by atoms with Crippen molar-refractivity contribution in [2.24, 2.45) is 0 Å². The number of rotatable bonds is 8. The molecule has 1 aromatic rings. The van der Waals surface area contributed by atoms with Crippen LogP contribution in [0.15, 0.2) is 30.0 Å². The standard InChI is InChI=1S/C21H28N2O4/c1-3-4-5-8-11-23-20(24)18(16-9-6-7-10-17(16)26-2)19(21(23)25)22-12-14-27-15-13-22/h6-7,9-10H,3-5,8,11-15H2,1-2H3. The highest BCUT2D eigenvalue weighted by Crippen LogP contribution is 2.36. The molecular weight excluding hydrogens is 344 g/mol. The molecule has 1 saturated heterocycles. The van der Waals surface area contributed by atoms with Crippen LogP contribution in [0.25, 0.3) is 5.57 Å². The molecule has 0 aromatic heterocycles. The van der Waals surface area contributed by atoms with Crippen molar-refractivity contribution in [2.45, 2.75) is 32.6 Å². The molecule has 3 rings (SSSR count). The molecule has 0 spiro atoms. The number of carbonyl (C=O) groups excluding carboxylic acids is 2. The van der Waals surface area contributed by atoms with E-state index in [9.17, 15) is 9.59 Å². The van der Waals surface area contributed by atoms with Crippen LogP contribution in [0.3, 0.4) is 0 Å². The van der Waals surface area contributed by atoms with Crippen LogP contribution in [-0.4, -0.2) is 61.6 Å². The molecule has 6 heteroatoms. The number of carbonyl (C=O) groups is 2. The highest BCUT2D eigenvalue weighted by atomic mass is 16.5. The molecule has 2 amide bonds. The van der Waals surface area contributed by atoms with Crippen LogP contribution in [0.4, 0.5) is 0 Å². The first-order valence-corrected chi connectivity index (χ1v) is 9.75. The van der Waals surface area contributed by atoms with Gasteiger partial charge in [0.1, 0.15) is 11.4 Å². The van der Waals surface area contributed by atoms with Gasteiger partial charge in [-0.2, -0.15) is 0 Å². The molecule has 1 aromatic carbocycles. The molecule has 0 radical (unpaired) electrons. The van der Waals surface area contributed by atoms with E-state index in [1.807, 2.05) is 29.2 Å². The monoisotopic (exact) mass is 372 g/mol. The number of benzene rings is 1. The average molecular weight is 372 g/mol. The predicted octanol–water partition coefficient (Wildman–Crippen LogP) is 2.69. The topological polar surface area (TPSA) is 59.1 Å². The molecule has 2 aliphatic heterocycles. The van der Waals surface area contributed by atoms with E-state index in [4.69, 9.17) is 9.47 Å². The van der Waals surface area contributed by atoms with Crippen molar-refractivity contribution in [2.75, 3.05) is 40.0 Å². The first kappa shape index (κ1) is 19.4. The SMILES string of the molecule is CCCCCCN1C(=O)C(c2ccccc2OC)=C(N2CCOCC2)C1=O. The third-order valence-electron chi connectivity index (χ3n) is 5.08. The summed E-state index contributed by atoms with van der Waals surface area (Å²) in [6.45, 7) is 4.93. The summed E-state index contributed by atoms with van der Waals surface area (Å²) in [6, 6.07) is 7.39. The maximum absolute atomic E-state index is 13.2. The Morgan fingerprint density at radius 2 is 1.78 bits per heavy atom. The number of methoxy groups -OCH3 is 1. The second-order valence-electron chi connectivity index (χ2n) is 6.85. The zero-order valence-electron chi connectivity index (χ0n) is 16.2. The summed E-state index contributed by atoms with van der Waals surface area (Å²) >= 11 is 0. The molecule has 0 bridgehead atoms. The number of morpholine rings is 1. The fraction of sp³-hybridized carbons (Fsp3) is 0.524. The molecule has 0 N–H and O–H groups in total. The van der Waals surface area contributed by atoms with Gasteiger partial charge in [-0.05, 0) is 12.5 Å². The van der Waals surface area contributed by atoms with Gasteiger partial charge in [0.2, 0.25) is 0 Å². The van der Waals surface area contributed by atoms with Gasteiger partial charge in [-0.1, -0.05) is 44.4 Å². The van der Waals surface area contributed by atoms with E-state index in [2.05, 4.69) is 6.92 Å². The van der Waals surface area contributed by atoms with Crippen LogP contribution in [0.5, 0.6) is 5.75 Å². The summed E-state index contributed by atoms with van der Waals surface area (Å²) in [5, 5.41) is 0. The predicted molar refractivity (Wildman–Crippen MR) is 103 cm³/mol. The second kappa shape index (κ2) is 9.04. The number of imide groups is 1.